The third-order valence-electron chi connectivity index (χ3n) is 1.23. The first-order valence-electron chi connectivity index (χ1n) is 3.14. The van der Waals surface area contributed by atoms with Gasteiger partial charge in [-0.3, -0.25) is 0 Å². The van der Waals surface area contributed by atoms with Gasteiger partial charge >= 0.3 is 0 Å². The summed E-state index contributed by atoms with van der Waals surface area (Å²) < 4.78 is 0. The van der Waals surface area contributed by atoms with Gasteiger partial charge in [0.1, 0.15) is 0 Å². The molecule has 0 atom stereocenters. The van der Waals surface area contributed by atoms with E-state index in [0.29, 0.717) is 0 Å². The van der Waals surface area contributed by atoms with E-state index in [2.05, 4.69) is 5.16 Å². The highest BCUT2D eigenvalue weighted by Gasteiger charge is 1.87. The van der Waals surface area contributed by atoms with E-state index in [1.165, 1.54) is 6.21 Å². The second kappa shape index (κ2) is 3.67. The predicted octanol–water partition coefficient (Wildman–Crippen LogP) is 1.89. The van der Waals surface area contributed by atoms with E-state index in [0.717, 1.165) is 12.0 Å². The molecule has 1 aliphatic carbocycles. The Balaban J connectivity index is 2.68. The molecular weight excluding hydrogens is 126 g/mol. The number of allylic oxidation sites excluding steroid dienone is 6. The van der Waals surface area contributed by atoms with E-state index < -0.39 is 0 Å². The third kappa shape index (κ3) is 1.90. The van der Waals surface area contributed by atoms with Crippen LogP contribution in [0.3, 0.4) is 0 Å². The van der Waals surface area contributed by atoms with Crippen molar-refractivity contribution < 1.29 is 5.21 Å². The van der Waals surface area contributed by atoms with Crippen molar-refractivity contribution in [3.63, 3.8) is 0 Å². The highest BCUT2D eigenvalue weighted by molar-refractivity contribution is 5.82. The molecule has 10 heavy (non-hydrogen) atoms. The van der Waals surface area contributed by atoms with Crippen molar-refractivity contribution in [3.8, 4) is 0 Å². The van der Waals surface area contributed by atoms with Crippen LogP contribution in [0.15, 0.2) is 41.1 Å². The summed E-state index contributed by atoms with van der Waals surface area (Å²) in [5, 5.41) is 11.1. The molecule has 0 amide bonds. The van der Waals surface area contributed by atoms with Gasteiger partial charge in [-0.15, -0.1) is 0 Å². The number of hydrogen-bond donors (Lipinski definition) is 1. The lowest BCUT2D eigenvalue weighted by atomic mass is 10.2. The van der Waals surface area contributed by atoms with Crippen molar-refractivity contribution in [2.75, 3.05) is 0 Å². The molecule has 2 heteroatoms. The first-order valence-corrected chi connectivity index (χ1v) is 3.14. The van der Waals surface area contributed by atoms with Crippen molar-refractivity contribution in [2.24, 2.45) is 5.16 Å². The van der Waals surface area contributed by atoms with Crippen LogP contribution in [0.5, 0.6) is 0 Å². The average Bonchev–Trinajstić information content (AvgIpc) is 2.17. The van der Waals surface area contributed by atoms with Gasteiger partial charge < -0.3 is 5.21 Å². The third-order valence-corrected chi connectivity index (χ3v) is 1.23. The Labute approximate surface area is 59.9 Å². The van der Waals surface area contributed by atoms with Crippen molar-refractivity contribution >= 4 is 6.21 Å². The molecule has 0 fully saturated rings. The molecule has 1 N–H and O–H groups in total. The first kappa shape index (κ1) is 6.81. The van der Waals surface area contributed by atoms with Crippen molar-refractivity contribution in [1.29, 1.82) is 0 Å². The van der Waals surface area contributed by atoms with Gasteiger partial charge in [-0.05, 0) is 12.0 Å². The summed E-state index contributed by atoms with van der Waals surface area (Å²) in [6.45, 7) is 0. The minimum Gasteiger partial charge on any atom is -0.411 e. The molecule has 0 bridgehead atoms. The summed E-state index contributed by atoms with van der Waals surface area (Å²) in [4.78, 5) is 0. The van der Waals surface area contributed by atoms with Crippen LogP contribution in [0.1, 0.15) is 6.42 Å². The van der Waals surface area contributed by atoms with Crippen LogP contribution in [0.25, 0.3) is 0 Å². The molecule has 0 aromatic heterocycles. The Morgan fingerprint density at radius 1 is 1.50 bits per heavy atom. The Bertz CT molecular complexity index is 211. The molecule has 0 saturated carbocycles. The molecule has 1 aliphatic rings. The van der Waals surface area contributed by atoms with Gasteiger partial charge in [-0.1, -0.05) is 35.5 Å². The standard InChI is InChI=1S/C8H9NO/c10-9-7-8-5-3-1-2-4-6-8/h1-3,5-7,10H,4H2/b9-7+. The molecular formula is C8H9NO. The van der Waals surface area contributed by atoms with Crippen molar-refractivity contribution in [3.05, 3.63) is 36.0 Å². The quantitative estimate of drug-likeness (QED) is 0.332. The maximum absolute atomic E-state index is 8.18. The van der Waals surface area contributed by atoms with Gasteiger partial charge in [-0.25, -0.2) is 0 Å². The lowest BCUT2D eigenvalue weighted by Gasteiger charge is -1.85. The molecule has 0 spiro atoms. The fourth-order valence-electron chi connectivity index (χ4n) is 0.758. The van der Waals surface area contributed by atoms with Crippen LogP contribution < -0.4 is 0 Å². The minimum atomic E-state index is 0.897. The summed E-state index contributed by atoms with van der Waals surface area (Å²) in [6.07, 6.45) is 12.1. The smallest absolute Gasteiger partial charge is 0.0730 e. The molecule has 0 unspecified atom stereocenters. The number of rotatable bonds is 1. The summed E-state index contributed by atoms with van der Waals surface area (Å²) in [5.41, 5.74) is 0.938. The van der Waals surface area contributed by atoms with E-state index in [4.69, 9.17) is 5.21 Å². The number of hydrogen-bond acceptors (Lipinski definition) is 2. The number of oxime groups is 1. The van der Waals surface area contributed by atoms with Gasteiger partial charge in [0.2, 0.25) is 0 Å². The SMILES string of the molecule is O/N=C/C1=CCC=CC=C1. The Kier molecular flexibility index (Phi) is 2.49. The first-order chi connectivity index (χ1) is 4.93. The summed E-state index contributed by atoms with van der Waals surface area (Å²) in [6, 6.07) is 0. The lowest BCUT2D eigenvalue weighted by molar-refractivity contribution is 0.322. The molecule has 0 radical (unpaired) electrons. The molecule has 0 aliphatic heterocycles. The van der Waals surface area contributed by atoms with E-state index >= 15 is 0 Å². The average molecular weight is 135 g/mol. The summed E-state index contributed by atoms with van der Waals surface area (Å²) >= 11 is 0. The summed E-state index contributed by atoms with van der Waals surface area (Å²) in [7, 11) is 0. The molecule has 0 aromatic rings. The molecule has 1 rings (SSSR count). The van der Waals surface area contributed by atoms with Crippen molar-refractivity contribution in [2.45, 2.75) is 6.42 Å². The van der Waals surface area contributed by atoms with Crippen LogP contribution in [0.2, 0.25) is 0 Å². The van der Waals surface area contributed by atoms with Gasteiger partial charge in [0, 0.05) is 0 Å². The molecule has 0 saturated heterocycles. The minimum absolute atomic E-state index is 0.897. The van der Waals surface area contributed by atoms with Crippen LogP contribution in [-0.4, -0.2) is 11.4 Å². The Morgan fingerprint density at radius 3 is 3.20 bits per heavy atom. The fourth-order valence-corrected chi connectivity index (χ4v) is 0.758. The fraction of sp³-hybridized carbons (Fsp3) is 0.125. The lowest BCUT2D eigenvalue weighted by Crippen LogP contribution is -1.77. The van der Waals surface area contributed by atoms with E-state index in [1.54, 1.807) is 0 Å². The zero-order valence-corrected chi connectivity index (χ0v) is 5.57. The van der Waals surface area contributed by atoms with Crippen LogP contribution >= 0.6 is 0 Å². The topological polar surface area (TPSA) is 32.6 Å². The van der Waals surface area contributed by atoms with Gasteiger partial charge in [0.05, 0.1) is 6.21 Å². The molecule has 2 nitrogen and oxygen atoms in total. The summed E-state index contributed by atoms with van der Waals surface area (Å²) in [5.74, 6) is 0. The van der Waals surface area contributed by atoms with Crippen LogP contribution in [-0.2, 0) is 0 Å². The van der Waals surface area contributed by atoms with Gasteiger partial charge in [0.15, 0.2) is 0 Å². The predicted molar refractivity (Wildman–Crippen MR) is 41.3 cm³/mol. The Hall–Kier alpha value is -1.31. The highest BCUT2D eigenvalue weighted by atomic mass is 16.4. The normalized spacial score (nSPS) is 17.4. The second-order valence-electron chi connectivity index (χ2n) is 1.97. The van der Waals surface area contributed by atoms with Crippen LogP contribution in [0.4, 0.5) is 0 Å². The van der Waals surface area contributed by atoms with Gasteiger partial charge in [0.25, 0.3) is 0 Å². The monoisotopic (exact) mass is 135 g/mol. The molecule has 52 valence electrons. The van der Waals surface area contributed by atoms with Gasteiger partial charge in [-0.2, -0.15) is 0 Å². The second-order valence-corrected chi connectivity index (χ2v) is 1.97. The molecule has 0 heterocycles. The van der Waals surface area contributed by atoms with E-state index in [1.807, 2.05) is 30.4 Å². The Morgan fingerprint density at radius 2 is 2.40 bits per heavy atom. The largest absolute Gasteiger partial charge is 0.411 e. The maximum atomic E-state index is 8.18. The van der Waals surface area contributed by atoms with E-state index in [9.17, 15) is 0 Å². The zero-order chi connectivity index (χ0) is 7.23. The van der Waals surface area contributed by atoms with Crippen LogP contribution in [0, 0.1) is 0 Å². The maximum Gasteiger partial charge on any atom is 0.0730 e. The van der Waals surface area contributed by atoms with Crippen molar-refractivity contribution in [1.82, 2.24) is 0 Å². The van der Waals surface area contributed by atoms with E-state index in [-0.39, 0.29) is 0 Å². The highest BCUT2D eigenvalue weighted by Crippen LogP contribution is 2.01. The zero-order valence-electron chi connectivity index (χ0n) is 5.57. The number of nitrogens with zero attached hydrogens (tertiary/aromatic N) is 1. The molecule has 0 aromatic carbocycles.